The number of allylic oxidation sites excluding steroid dienone is 8. The Labute approximate surface area is 338 Å². The van der Waals surface area contributed by atoms with Crippen molar-refractivity contribution in [1.82, 2.24) is 0 Å². The fourth-order valence-electron chi connectivity index (χ4n) is 5.60. The van der Waals surface area contributed by atoms with Gasteiger partial charge in [0.05, 0.1) is 0 Å². The van der Waals surface area contributed by atoms with Crippen molar-refractivity contribution >= 4 is 48.0 Å². The van der Waals surface area contributed by atoms with Gasteiger partial charge in [-0.25, -0.2) is 11.1 Å². The van der Waals surface area contributed by atoms with E-state index in [1.807, 2.05) is 0 Å². The zero-order chi connectivity index (χ0) is 33.0. The molecule has 0 spiro atoms. The third kappa shape index (κ3) is 12.9. The van der Waals surface area contributed by atoms with E-state index in [0.29, 0.717) is 0 Å². The van der Waals surface area contributed by atoms with Crippen molar-refractivity contribution in [1.29, 1.82) is 0 Å². The van der Waals surface area contributed by atoms with E-state index in [1.165, 1.54) is 65.6 Å². The smallest absolute Gasteiger partial charge is 1.00 e. The Kier molecular flexibility index (Phi) is 21.8. The van der Waals surface area contributed by atoms with Crippen LogP contribution in [-0.4, -0.2) is 26.7 Å². The SMILES string of the molecule is CC1=[C-]C(C)(C)C(C)=C1C.CC1=[C-]C(C)(C)C(C)=C1C.CP(C)c1cc2ccccc2[cH-]1.CP(C)c1cc2ccccc2[cH-]1.[Cl-].[Cl-].[Ti+2].[Ti+2]. The Balaban J connectivity index is 0. The predicted molar refractivity (Wildman–Crippen MR) is 205 cm³/mol. The Morgan fingerprint density at radius 1 is 0.521 bits per heavy atom. The molecular weight excluding hydrogens is 733 g/mol. The Morgan fingerprint density at radius 2 is 0.812 bits per heavy atom. The van der Waals surface area contributed by atoms with Gasteiger partial charge < -0.3 is 24.8 Å². The summed E-state index contributed by atoms with van der Waals surface area (Å²) >= 11 is 0. The second-order valence-corrected chi connectivity index (χ2v) is 18.3. The van der Waals surface area contributed by atoms with Crippen LogP contribution in [0.25, 0.3) is 21.5 Å². The van der Waals surface area contributed by atoms with E-state index >= 15 is 0 Å². The second kappa shape index (κ2) is 21.1. The number of fused-ring (bicyclic) bond motifs is 2. The van der Waals surface area contributed by atoms with Crippen molar-refractivity contribution in [2.75, 3.05) is 26.7 Å². The predicted octanol–water partition coefficient (Wildman–Crippen LogP) is 6.08. The van der Waals surface area contributed by atoms with Crippen LogP contribution in [0.4, 0.5) is 0 Å². The molecule has 48 heavy (non-hydrogen) atoms. The summed E-state index contributed by atoms with van der Waals surface area (Å²) in [4.78, 5) is 0. The summed E-state index contributed by atoms with van der Waals surface area (Å²) in [6.07, 6.45) is 6.87. The molecule has 2 aliphatic rings. The Morgan fingerprint density at radius 3 is 1.00 bits per heavy atom. The Hall–Kier alpha value is -0.511. The maximum atomic E-state index is 3.44. The first kappa shape index (κ1) is 49.6. The first-order valence-electron chi connectivity index (χ1n) is 15.7. The normalized spacial score (nSPS) is 15.4. The van der Waals surface area contributed by atoms with Gasteiger partial charge in [0.15, 0.2) is 0 Å². The van der Waals surface area contributed by atoms with Crippen LogP contribution in [0, 0.1) is 23.0 Å². The largest absolute Gasteiger partial charge is 2.00 e. The molecule has 6 heteroatoms. The average Bonchev–Trinajstić information content (AvgIpc) is 3.68. The zero-order valence-electron chi connectivity index (χ0n) is 31.6. The van der Waals surface area contributed by atoms with Gasteiger partial charge in [0, 0.05) is 0 Å². The van der Waals surface area contributed by atoms with Gasteiger partial charge >= 0.3 is 43.4 Å². The summed E-state index contributed by atoms with van der Waals surface area (Å²) in [6, 6.07) is 26.3. The van der Waals surface area contributed by atoms with Crippen LogP contribution in [0.2, 0.25) is 0 Å². The van der Waals surface area contributed by atoms with Crippen molar-refractivity contribution < 1.29 is 68.2 Å². The van der Waals surface area contributed by atoms with Gasteiger partial charge in [-0.15, -0.1) is 110 Å². The molecule has 256 valence electrons. The van der Waals surface area contributed by atoms with Crippen LogP contribution in [-0.2, 0) is 43.4 Å². The summed E-state index contributed by atoms with van der Waals surface area (Å²) in [5, 5.41) is 8.53. The van der Waals surface area contributed by atoms with E-state index in [1.54, 1.807) is 0 Å². The molecule has 0 radical (unpaired) electrons. The van der Waals surface area contributed by atoms with E-state index in [0.717, 1.165) is 0 Å². The first-order chi connectivity index (χ1) is 20.4. The fraction of sp³-hybridized carbons (Fsp3) is 0.381. The van der Waals surface area contributed by atoms with Gasteiger partial charge in [0.1, 0.15) is 0 Å². The van der Waals surface area contributed by atoms with Crippen LogP contribution in [0.5, 0.6) is 0 Å². The van der Waals surface area contributed by atoms with Gasteiger partial charge in [-0.2, -0.15) is 34.4 Å². The van der Waals surface area contributed by atoms with Crippen LogP contribution >= 0.6 is 15.8 Å². The van der Waals surface area contributed by atoms with E-state index < -0.39 is 0 Å². The van der Waals surface area contributed by atoms with E-state index in [9.17, 15) is 0 Å². The molecule has 0 atom stereocenters. The molecule has 0 fully saturated rings. The van der Waals surface area contributed by atoms with Crippen molar-refractivity contribution in [2.24, 2.45) is 10.8 Å². The van der Waals surface area contributed by atoms with Gasteiger partial charge in [-0.1, -0.05) is 78.4 Å². The van der Waals surface area contributed by atoms with Crippen LogP contribution in [0.15, 0.2) is 106 Å². The molecule has 4 aromatic rings. The van der Waals surface area contributed by atoms with Crippen LogP contribution in [0.1, 0.15) is 69.2 Å². The summed E-state index contributed by atoms with van der Waals surface area (Å²) in [6.45, 7) is 31.0. The fourth-order valence-corrected chi connectivity index (χ4v) is 7.19. The minimum atomic E-state index is 0. The van der Waals surface area contributed by atoms with Gasteiger partial charge in [-0.05, 0) is 26.7 Å². The maximum absolute atomic E-state index is 3.44. The quantitative estimate of drug-likeness (QED) is 0.132. The van der Waals surface area contributed by atoms with Crippen molar-refractivity contribution in [3.8, 4) is 0 Å². The second-order valence-electron chi connectivity index (χ2n) is 13.7. The molecule has 0 heterocycles. The van der Waals surface area contributed by atoms with Crippen LogP contribution in [0.3, 0.4) is 0 Å². The average molecular weight is 787 g/mol. The molecule has 0 unspecified atom stereocenters. The molecule has 0 aliphatic heterocycles. The summed E-state index contributed by atoms with van der Waals surface area (Å²) in [7, 11) is 0.115. The Bertz CT molecular complexity index is 1530. The van der Waals surface area contributed by atoms with Crippen molar-refractivity contribution in [2.45, 2.75) is 69.2 Å². The third-order valence-electron chi connectivity index (χ3n) is 9.36. The molecule has 2 aliphatic carbocycles. The van der Waals surface area contributed by atoms with Crippen molar-refractivity contribution in [3.63, 3.8) is 0 Å². The van der Waals surface area contributed by atoms with Crippen LogP contribution < -0.4 is 35.4 Å². The minimum absolute atomic E-state index is 0. The summed E-state index contributed by atoms with van der Waals surface area (Å²) in [5.74, 6) is 0. The molecule has 0 saturated carbocycles. The van der Waals surface area contributed by atoms with E-state index in [4.69, 9.17) is 0 Å². The molecule has 0 aromatic heterocycles. The number of benzene rings is 2. The van der Waals surface area contributed by atoms with Gasteiger partial charge in [0.25, 0.3) is 0 Å². The molecule has 0 N–H and O–H groups in total. The van der Waals surface area contributed by atoms with E-state index in [-0.39, 0.29) is 94.9 Å². The topological polar surface area (TPSA) is 0 Å². The van der Waals surface area contributed by atoms with Gasteiger partial charge in [0.2, 0.25) is 0 Å². The molecule has 4 aromatic carbocycles. The standard InChI is InChI=1S/2C11H12P.2C10H15.2ClH.2Ti/c2*1-12(2)11-7-9-5-3-4-6-10(9)8-11;2*1-7-6-10(4,5)9(3)8(7)2;;;;/h2*3-8H,1-2H3;2*1-5H3;2*1H;;/q4*-1;;;2*+2/p-2. The molecule has 6 rings (SSSR count). The molecule has 0 amide bonds. The molecule has 0 nitrogen and oxygen atoms in total. The van der Waals surface area contributed by atoms with E-state index in [2.05, 4.69) is 181 Å². The maximum Gasteiger partial charge on any atom is 2.00 e. The monoisotopic (exact) mass is 786 g/mol. The minimum Gasteiger partial charge on any atom is -1.00 e. The molecule has 0 bridgehead atoms. The number of rotatable bonds is 2. The first-order valence-corrected chi connectivity index (χ1v) is 20.2. The zero-order valence-corrected chi connectivity index (χ0v) is 38.0. The number of halogens is 2. The summed E-state index contributed by atoms with van der Waals surface area (Å²) < 4.78 is 0. The van der Waals surface area contributed by atoms with Crippen molar-refractivity contribution in [3.05, 3.63) is 118 Å². The molecular formula is C42H54Cl2P2Ti2-2. The number of hydrogen-bond acceptors (Lipinski definition) is 0. The van der Waals surface area contributed by atoms with Gasteiger partial charge in [-0.3, -0.25) is 12.2 Å². The summed E-state index contributed by atoms with van der Waals surface area (Å²) in [5.41, 5.74) is 8.79. The third-order valence-corrected chi connectivity index (χ3v) is 11.9. The number of hydrogen-bond donors (Lipinski definition) is 0. The molecule has 0 saturated heterocycles.